The molecule has 0 saturated carbocycles. The van der Waals surface area contributed by atoms with Gasteiger partial charge in [-0.05, 0) is 24.3 Å². The third-order valence-corrected chi connectivity index (χ3v) is 4.57. The van der Waals surface area contributed by atoms with Crippen molar-refractivity contribution in [1.82, 2.24) is 0 Å². The summed E-state index contributed by atoms with van der Waals surface area (Å²) in [5, 5.41) is 2.91. The fourth-order valence-corrected chi connectivity index (χ4v) is 3.05. The molecule has 0 aliphatic heterocycles. The number of anilines is 1. The molecule has 0 aromatic heterocycles. The minimum Gasteiger partial charge on any atom is -0.495 e. The number of halogens is 4. The summed E-state index contributed by atoms with van der Waals surface area (Å²) in [5.41, 5.74) is -0.417. The van der Waals surface area contributed by atoms with Crippen LogP contribution in [0.1, 0.15) is 5.56 Å². The van der Waals surface area contributed by atoms with Crippen LogP contribution in [0, 0.1) is 0 Å². The Morgan fingerprint density at radius 1 is 1.15 bits per heavy atom. The number of benzene rings is 2. The molecule has 0 heterocycles. The number of carbonyl (C=O) groups is 1. The number of rotatable bonds is 6. The summed E-state index contributed by atoms with van der Waals surface area (Å²) in [6, 6.07) is 7.80. The second-order valence-corrected chi connectivity index (χ2v) is 6.51. The minimum absolute atomic E-state index is 0.0753. The van der Waals surface area contributed by atoms with Gasteiger partial charge in [-0.3, -0.25) is 4.79 Å². The van der Waals surface area contributed by atoms with Crippen molar-refractivity contribution in [1.29, 1.82) is 0 Å². The van der Waals surface area contributed by atoms with Crippen LogP contribution in [0.5, 0.6) is 11.5 Å². The van der Waals surface area contributed by atoms with Crippen molar-refractivity contribution in [3.8, 4) is 11.5 Å². The number of ether oxygens (including phenoxy) is 2. The summed E-state index contributed by atoms with van der Waals surface area (Å²) < 4.78 is 48.4. The van der Waals surface area contributed by atoms with E-state index in [1.54, 1.807) is 0 Å². The van der Waals surface area contributed by atoms with Gasteiger partial charge in [0, 0.05) is 11.0 Å². The zero-order valence-electron chi connectivity index (χ0n) is 13.8. The van der Waals surface area contributed by atoms with Gasteiger partial charge in [-0.1, -0.05) is 17.7 Å². The average molecular weight is 406 g/mol. The van der Waals surface area contributed by atoms with Crippen molar-refractivity contribution in [2.24, 2.45) is 0 Å². The van der Waals surface area contributed by atoms with Crippen LogP contribution in [0.25, 0.3) is 0 Å². The molecule has 2 aromatic rings. The highest BCUT2D eigenvalue weighted by atomic mass is 35.5. The average Bonchev–Trinajstić information content (AvgIpc) is 2.60. The van der Waals surface area contributed by atoms with Gasteiger partial charge in [0.25, 0.3) is 0 Å². The fraction of sp³-hybridized carbons (Fsp3) is 0.235. The maximum absolute atomic E-state index is 12.7. The number of nitrogens with one attached hydrogen (secondary N) is 1. The minimum atomic E-state index is -4.42. The van der Waals surface area contributed by atoms with E-state index >= 15 is 0 Å². The fourth-order valence-electron chi connectivity index (χ4n) is 2.06. The zero-order chi connectivity index (χ0) is 19.3. The van der Waals surface area contributed by atoms with Crippen molar-refractivity contribution in [2.45, 2.75) is 11.1 Å². The highest BCUT2D eigenvalue weighted by molar-refractivity contribution is 8.00. The SMILES string of the molecule is COc1cc(OC)c(NC(=O)CSc2cccc(C(F)(F)F)c2)cc1Cl. The first-order valence-corrected chi connectivity index (χ1v) is 8.62. The Bertz CT molecular complexity index is 799. The predicted molar refractivity (Wildman–Crippen MR) is 95.4 cm³/mol. The van der Waals surface area contributed by atoms with Crippen LogP contribution in [-0.4, -0.2) is 25.9 Å². The van der Waals surface area contributed by atoms with E-state index in [-0.39, 0.29) is 10.8 Å². The van der Waals surface area contributed by atoms with Gasteiger partial charge in [0.1, 0.15) is 11.5 Å². The standard InChI is InChI=1S/C17H15ClF3NO3S/c1-24-14-8-15(25-2)13(7-12(14)18)22-16(23)9-26-11-5-3-4-10(6-11)17(19,20)21/h3-8H,9H2,1-2H3,(H,22,23). The molecule has 140 valence electrons. The van der Waals surface area contributed by atoms with E-state index in [4.69, 9.17) is 21.1 Å². The number of methoxy groups -OCH3 is 2. The molecule has 0 unspecified atom stereocenters. The zero-order valence-corrected chi connectivity index (χ0v) is 15.4. The Morgan fingerprint density at radius 2 is 1.85 bits per heavy atom. The molecule has 9 heteroatoms. The third kappa shape index (κ3) is 5.22. The number of thioether (sulfide) groups is 1. The van der Waals surface area contributed by atoms with Gasteiger partial charge in [0.15, 0.2) is 0 Å². The summed E-state index contributed by atoms with van der Waals surface area (Å²) in [6.07, 6.45) is -4.42. The van der Waals surface area contributed by atoms with Crippen molar-refractivity contribution in [3.63, 3.8) is 0 Å². The van der Waals surface area contributed by atoms with Gasteiger partial charge in [0.2, 0.25) is 5.91 Å². The summed E-state index contributed by atoms with van der Waals surface area (Å²) in [6.45, 7) is 0. The lowest BCUT2D eigenvalue weighted by atomic mass is 10.2. The largest absolute Gasteiger partial charge is 0.495 e. The first-order chi connectivity index (χ1) is 12.2. The Hall–Kier alpha value is -2.06. The van der Waals surface area contributed by atoms with E-state index in [2.05, 4.69) is 5.32 Å². The second-order valence-electron chi connectivity index (χ2n) is 5.05. The number of amides is 1. The molecular weight excluding hydrogens is 391 g/mol. The summed E-state index contributed by atoms with van der Waals surface area (Å²) >= 11 is 7.02. The Morgan fingerprint density at radius 3 is 2.46 bits per heavy atom. The molecule has 0 saturated heterocycles. The summed E-state index contributed by atoms with van der Waals surface area (Å²) in [5.74, 6) is 0.254. The molecule has 4 nitrogen and oxygen atoms in total. The third-order valence-electron chi connectivity index (χ3n) is 3.28. The molecule has 2 rings (SSSR count). The van der Waals surface area contributed by atoms with Gasteiger partial charge in [-0.2, -0.15) is 13.2 Å². The quantitative estimate of drug-likeness (QED) is 0.679. The van der Waals surface area contributed by atoms with Crippen molar-refractivity contribution < 1.29 is 27.4 Å². The van der Waals surface area contributed by atoms with E-state index in [0.717, 1.165) is 23.9 Å². The smallest absolute Gasteiger partial charge is 0.416 e. The van der Waals surface area contributed by atoms with E-state index in [9.17, 15) is 18.0 Å². The van der Waals surface area contributed by atoms with Gasteiger partial charge in [-0.25, -0.2) is 0 Å². The molecule has 1 amide bonds. The monoisotopic (exact) mass is 405 g/mol. The second kappa shape index (κ2) is 8.55. The number of hydrogen-bond donors (Lipinski definition) is 1. The lowest BCUT2D eigenvalue weighted by Crippen LogP contribution is -2.15. The molecule has 0 bridgehead atoms. The molecular formula is C17H15ClF3NO3S. The van der Waals surface area contributed by atoms with Crippen molar-refractivity contribution >= 4 is 35.0 Å². The van der Waals surface area contributed by atoms with Crippen LogP contribution >= 0.6 is 23.4 Å². The van der Waals surface area contributed by atoms with Crippen molar-refractivity contribution in [3.05, 3.63) is 47.0 Å². The Labute approximate surface area is 157 Å². The molecule has 0 aliphatic rings. The topological polar surface area (TPSA) is 47.6 Å². The molecule has 2 aromatic carbocycles. The van der Waals surface area contributed by atoms with Crippen LogP contribution in [0.4, 0.5) is 18.9 Å². The lowest BCUT2D eigenvalue weighted by molar-refractivity contribution is -0.137. The van der Waals surface area contributed by atoms with Crippen LogP contribution in [0.15, 0.2) is 41.3 Å². The van der Waals surface area contributed by atoms with E-state index < -0.39 is 17.6 Å². The lowest BCUT2D eigenvalue weighted by Gasteiger charge is -2.13. The van der Waals surface area contributed by atoms with Gasteiger partial charge in [-0.15, -0.1) is 11.8 Å². The number of hydrogen-bond acceptors (Lipinski definition) is 4. The Balaban J connectivity index is 2.05. The van der Waals surface area contributed by atoms with Crippen molar-refractivity contribution in [2.75, 3.05) is 25.3 Å². The van der Waals surface area contributed by atoms with E-state index in [1.807, 2.05) is 0 Å². The molecule has 0 spiro atoms. The molecule has 26 heavy (non-hydrogen) atoms. The normalized spacial score (nSPS) is 11.2. The van der Waals surface area contributed by atoms with Crippen LogP contribution in [0.3, 0.4) is 0 Å². The molecule has 0 radical (unpaired) electrons. The first-order valence-electron chi connectivity index (χ1n) is 7.26. The highest BCUT2D eigenvalue weighted by Gasteiger charge is 2.30. The maximum atomic E-state index is 12.7. The first kappa shape index (κ1) is 20.3. The van der Waals surface area contributed by atoms with Gasteiger partial charge >= 0.3 is 6.18 Å². The van der Waals surface area contributed by atoms with Crippen LogP contribution in [0.2, 0.25) is 5.02 Å². The number of alkyl halides is 3. The van der Waals surface area contributed by atoms with E-state index in [1.165, 1.54) is 38.5 Å². The Kier molecular flexibility index (Phi) is 6.66. The van der Waals surface area contributed by atoms with Crippen LogP contribution < -0.4 is 14.8 Å². The summed E-state index contributed by atoms with van der Waals surface area (Å²) in [7, 11) is 2.88. The number of carbonyl (C=O) groups excluding carboxylic acids is 1. The van der Waals surface area contributed by atoms with E-state index in [0.29, 0.717) is 22.1 Å². The van der Waals surface area contributed by atoms with Gasteiger partial charge < -0.3 is 14.8 Å². The van der Waals surface area contributed by atoms with Crippen LogP contribution in [-0.2, 0) is 11.0 Å². The summed E-state index contributed by atoms with van der Waals surface area (Å²) in [4.78, 5) is 12.5. The highest BCUT2D eigenvalue weighted by Crippen LogP contribution is 2.36. The molecule has 1 N–H and O–H groups in total. The predicted octanol–water partition coefficient (Wildman–Crippen LogP) is 5.11. The molecule has 0 fully saturated rings. The molecule has 0 atom stereocenters. The molecule has 0 aliphatic carbocycles. The maximum Gasteiger partial charge on any atom is 0.416 e. The van der Waals surface area contributed by atoms with Gasteiger partial charge in [0.05, 0.1) is 36.2 Å².